The number of pyridine rings is 1. The number of anilines is 12. The van der Waals surface area contributed by atoms with Gasteiger partial charge in [0.1, 0.15) is 0 Å². The first-order valence-corrected chi connectivity index (χ1v) is 23.5. The van der Waals surface area contributed by atoms with Crippen LogP contribution < -0.4 is 19.6 Å². The molecule has 7 heteroatoms. The molecular weight excluding hydrogens is 855 g/mol. The van der Waals surface area contributed by atoms with E-state index < -0.39 is 0 Å². The van der Waals surface area contributed by atoms with E-state index in [0.29, 0.717) is 5.82 Å². The van der Waals surface area contributed by atoms with Gasteiger partial charge in [-0.05, 0) is 84.4 Å². The van der Waals surface area contributed by atoms with Crippen LogP contribution in [0.25, 0.3) is 45.0 Å². The van der Waals surface area contributed by atoms with Gasteiger partial charge in [0.25, 0.3) is 0 Å². The zero-order chi connectivity index (χ0) is 46.4. The third-order valence-corrected chi connectivity index (χ3v) is 13.2. The Kier molecular flexibility index (Phi) is 10.0. The van der Waals surface area contributed by atoms with Gasteiger partial charge in [0, 0.05) is 33.6 Å². The summed E-state index contributed by atoms with van der Waals surface area (Å²) in [6.07, 6.45) is 4.05. The van der Waals surface area contributed by atoms with Crippen molar-refractivity contribution in [2.45, 2.75) is 0 Å². The SMILES string of the molecule is c1ccc(-c2cc(-c3ccccc3)nc(-c3ccc(-c4c(N5c6ccccc6N(c6ccccc6)c6ccccc65)cncc4N4c5ccccc5N(c5ccccc5)c5ccccc54)cc3)n2)cc1. The first-order chi connectivity index (χ1) is 34.8. The Labute approximate surface area is 407 Å². The number of benzene rings is 9. The van der Waals surface area contributed by atoms with Gasteiger partial charge in [-0.25, -0.2) is 9.97 Å². The minimum absolute atomic E-state index is 0.654. The molecule has 0 amide bonds. The van der Waals surface area contributed by atoms with Crippen LogP contribution in [0.5, 0.6) is 0 Å². The fourth-order valence-electron chi connectivity index (χ4n) is 10.1. The van der Waals surface area contributed by atoms with Gasteiger partial charge < -0.3 is 19.6 Å². The zero-order valence-corrected chi connectivity index (χ0v) is 38.0. The van der Waals surface area contributed by atoms with Crippen LogP contribution in [0.1, 0.15) is 0 Å². The summed E-state index contributed by atoms with van der Waals surface area (Å²) < 4.78 is 0. The Morgan fingerprint density at radius 1 is 0.243 bits per heavy atom. The summed E-state index contributed by atoms with van der Waals surface area (Å²) in [5, 5.41) is 0. The molecule has 0 unspecified atom stereocenters. The van der Waals surface area contributed by atoms with Crippen LogP contribution in [0.2, 0.25) is 0 Å². The molecule has 0 fully saturated rings. The van der Waals surface area contributed by atoms with Crippen LogP contribution in [-0.2, 0) is 0 Å². The van der Waals surface area contributed by atoms with Crippen molar-refractivity contribution in [3.63, 3.8) is 0 Å². The van der Waals surface area contributed by atoms with E-state index in [9.17, 15) is 0 Å². The molecule has 7 nitrogen and oxygen atoms in total. The van der Waals surface area contributed by atoms with Crippen LogP contribution in [-0.4, -0.2) is 15.0 Å². The zero-order valence-electron chi connectivity index (χ0n) is 38.0. The van der Waals surface area contributed by atoms with E-state index in [4.69, 9.17) is 15.0 Å². The second-order valence-corrected chi connectivity index (χ2v) is 17.3. The maximum atomic E-state index is 5.20. The molecule has 2 aliphatic heterocycles. The van der Waals surface area contributed by atoms with Crippen LogP contribution in [0, 0.1) is 0 Å². The summed E-state index contributed by atoms with van der Waals surface area (Å²) in [5.41, 5.74) is 19.2. The topological polar surface area (TPSA) is 51.6 Å². The standard InChI is InChI=1S/C63H43N7/c1-5-21-44(22-6-1)50-41-51(45-23-7-2-8-24-45)66-63(65-50)47-39-37-46(38-40-47)62-60(69-56-33-17-13-29-52(56)67(48-25-9-3-10-26-48)53-30-14-18-34-57(53)69)42-64-43-61(62)70-58-35-19-15-31-54(58)68(49-27-11-4-12-28-49)55-32-16-20-36-59(55)70/h1-43H. The predicted octanol–water partition coefficient (Wildman–Crippen LogP) is 17.0. The van der Waals surface area contributed by atoms with Gasteiger partial charge in [-0.2, -0.15) is 0 Å². The molecule has 70 heavy (non-hydrogen) atoms. The molecule has 0 saturated heterocycles. The molecule has 13 rings (SSSR count). The molecule has 0 radical (unpaired) electrons. The monoisotopic (exact) mass is 897 g/mol. The lowest BCUT2D eigenvalue weighted by Crippen LogP contribution is -2.26. The van der Waals surface area contributed by atoms with E-state index in [2.05, 4.69) is 256 Å². The number of nitrogens with zero attached hydrogens (tertiary/aromatic N) is 7. The smallest absolute Gasteiger partial charge is 0.160 e. The van der Waals surface area contributed by atoms with Crippen LogP contribution in [0.3, 0.4) is 0 Å². The van der Waals surface area contributed by atoms with Crippen molar-refractivity contribution >= 4 is 68.2 Å². The summed E-state index contributed by atoms with van der Waals surface area (Å²) in [6, 6.07) is 87.4. The Balaban J connectivity index is 1.04. The highest BCUT2D eigenvalue weighted by Crippen LogP contribution is 2.59. The molecular formula is C63H43N7. The van der Waals surface area contributed by atoms with E-state index in [-0.39, 0.29) is 0 Å². The lowest BCUT2D eigenvalue weighted by molar-refractivity contribution is 1.13. The van der Waals surface area contributed by atoms with Crippen molar-refractivity contribution < 1.29 is 0 Å². The van der Waals surface area contributed by atoms with Crippen molar-refractivity contribution in [3.05, 3.63) is 261 Å². The minimum atomic E-state index is 0.654. The third-order valence-electron chi connectivity index (χ3n) is 13.2. The fourth-order valence-corrected chi connectivity index (χ4v) is 10.1. The van der Waals surface area contributed by atoms with Gasteiger partial charge in [0.2, 0.25) is 0 Å². The number of hydrogen-bond donors (Lipinski definition) is 0. The van der Waals surface area contributed by atoms with Crippen LogP contribution >= 0.6 is 0 Å². The van der Waals surface area contributed by atoms with E-state index in [0.717, 1.165) is 107 Å². The molecule has 0 bridgehead atoms. The lowest BCUT2D eigenvalue weighted by atomic mass is 9.96. The van der Waals surface area contributed by atoms with Gasteiger partial charge in [-0.15, -0.1) is 0 Å². The van der Waals surface area contributed by atoms with Gasteiger partial charge in [0.15, 0.2) is 5.82 Å². The maximum absolute atomic E-state index is 5.20. The largest absolute Gasteiger partial charge is 0.306 e. The molecule has 4 heterocycles. The van der Waals surface area contributed by atoms with Gasteiger partial charge in [-0.3, -0.25) is 4.98 Å². The Morgan fingerprint density at radius 2 is 0.543 bits per heavy atom. The van der Waals surface area contributed by atoms with E-state index in [1.807, 2.05) is 24.5 Å². The molecule has 330 valence electrons. The fraction of sp³-hybridized carbons (Fsp3) is 0. The number of aromatic nitrogens is 3. The summed E-state index contributed by atoms with van der Waals surface area (Å²) in [7, 11) is 0. The molecule has 0 aliphatic carbocycles. The molecule has 0 atom stereocenters. The maximum Gasteiger partial charge on any atom is 0.160 e. The highest BCUT2D eigenvalue weighted by molar-refractivity contribution is 6.09. The van der Waals surface area contributed by atoms with Gasteiger partial charge in [0.05, 0.1) is 80.7 Å². The Hall–Kier alpha value is -9.59. The van der Waals surface area contributed by atoms with Crippen molar-refractivity contribution in [1.29, 1.82) is 0 Å². The summed E-state index contributed by atoms with van der Waals surface area (Å²) in [6.45, 7) is 0. The quantitative estimate of drug-likeness (QED) is 0.151. The molecule has 2 aromatic heterocycles. The Morgan fingerprint density at radius 3 is 0.900 bits per heavy atom. The number of hydrogen-bond acceptors (Lipinski definition) is 7. The first kappa shape index (κ1) is 40.7. The summed E-state index contributed by atoms with van der Waals surface area (Å²) >= 11 is 0. The summed E-state index contributed by atoms with van der Waals surface area (Å²) in [5.74, 6) is 0.654. The molecule has 0 spiro atoms. The predicted molar refractivity (Wildman–Crippen MR) is 287 cm³/mol. The Bertz CT molecular complexity index is 3370. The normalized spacial score (nSPS) is 12.5. The second kappa shape index (κ2) is 17.2. The minimum Gasteiger partial charge on any atom is -0.306 e. The first-order valence-electron chi connectivity index (χ1n) is 23.5. The highest BCUT2D eigenvalue weighted by Gasteiger charge is 2.36. The second-order valence-electron chi connectivity index (χ2n) is 17.3. The van der Waals surface area contributed by atoms with Crippen molar-refractivity contribution in [3.8, 4) is 45.0 Å². The molecule has 0 saturated carbocycles. The van der Waals surface area contributed by atoms with E-state index in [1.165, 1.54) is 0 Å². The number of rotatable bonds is 8. The van der Waals surface area contributed by atoms with E-state index in [1.54, 1.807) is 0 Å². The average Bonchev–Trinajstić information content (AvgIpc) is 3.44. The molecule has 2 aliphatic rings. The number of para-hydroxylation sites is 10. The molecule has 11 aromatic rings. The van der Waals surface area contributed by atoms with Crippen molar-refractivity contribution in [2.24, 2.45) is 0 Å². The van der Waals surface area contributed by atoms with Crippen LogP contribution in [0.4, 0.5) is 68.2 Å². The van der Waals surface area contributed by atoms with Crippen LogP contribution in [0.15, 0.2) is 261 Å². The van der Waals surface area contributed by atoms with Gasteiger partial charge in [-0.1, -0.05) is 170 Å². The lowest BCUT2D eigenvalue weighted by Gasteiger charge is -2.43. The van der Waals surface area contributed by atoms with Crippen molar-refractivity contribution in [2.75, 3.05) is 19.6 Å². The van der Waals surface area contributed by atoms with Gasteiger partial charge >= 0.3 is 0 Å². The average molecular weight is 898 g/mol. The van der Waals surface area contributed by atoms with E-state index >= 15 is 0 Å². The molecule has 9 aromatic carbocycles. The van der Waals surface area contributed by atoms with Crippen molar-refractivity contribution in [1.82, 2.24) is 15.0 Å². The number of fused-ring (bicyclic) bond motifs is 4. The third kappa shape index (κ3) is 6.95. The summed E-state index contributed by atoms with van der Waals surface area (Å²) in [4.78, 5) is 25.1. The molecule has 0 N–H and O–H groups in total. The highest BCUT2D eigenvalue weighted by atomic mass is 15.3.